The summed E-state index contributed by atoms with van der Waals surface area (Å²) in [6.07, 6.45) is -11.1. The molecule has 0 amide bonds. The monoisotopic (exact) mass is 420 g/mol. The summed E-state index contributed by atoms with van der Waals surface area (Å²) in [7, 11) is 1.47. The van der Waals surface area contributed by atoms with Crippen LogP contribution in [-0.2, 0) is 17.3 Å². The lowest BCUT2D eigenvalue weighted by molar-refractivity contribution is -0.215. The second kappa shape index (κ2) is 8.56. The van der Waals surface area contributed by atoms with E-state index in [1.807, 2.05) is 5.10 Å². The van der Waals surface area contributed by atoms with Crippen molar-refractivity contribution in [3.8, 4) is 11.6 Å². The van der Waals surface area contributed by atoms with Crippen LogP contribution in [0.2, 0.25) is 0 Å². The third-order valence-electron chi connectivity index (χ3n) is 4.56. The highest BCUT2D eigenvalue weighted by Gasteiger charge is 2.41. The first-order valence-electron chi connectivity index (χ1n) is 8.75. The fourth-order valence-electron chi connectivity index (χ4n) is 3.04. The minimum Gasteiger partial charge on any atom is -0.497 e. The van der Waals surface area contributed by atoms with Gasteiger partial charge < -0.3 is 24.4 Å². The number of hydrogen-bond acceptors (Lipinski definition) is 6. The molecule has 3 unspecified atom stereocenters. The second-order valence-corrected chi connectivity index (χ2v) is 6.56. The van der Waals surface area contributed by atoms with Crippen molar-refractivity contribution in [1.82, 2.24) is 10.2 Å². The number of nitrogens with zero attached hydrogens (tertiary/aromatic N) is 1. The molecule has 160 valence electrons. The van der Waals surface area contributed by atoms with Gasteiger partial charge >= 0.3 is 6.18 Å². The van der Waals surface area contributed by atoms with Gasteiger partial charge in [0.05, 0.1) is 25.4 Å². The van der Waals surface area contributed by atoms with Crippen molar-refractivity contribution in [2.75, 3.05) is 13.7 Å². The van der Waals surface area contributed by atoms with Crippen LogP contribution in [0.4, 0.5) is 17.6 Å². The highest BCUT2D eigenvalue weighted by molar-refractivity contribution is 5.39. The number of benzene rings is 1. The normalized spacial score (nSPS) is 25.1. The maximum Gasteiger partial charge on any atom is 0.433 e. The van der Waals surface area contributed by atoms with Gasteiger partial charge in [-0.05, 0) is 17.7 Å². The lowest BCUT2D eigenvalue weighted by atomic mass is 10.0. The summed E-state index contributed by atoms with van der Waals surface area (Å²) in [5.74, 6) is 0.174. The topological polar surface area (TPSA) is 96.8 Å². The average molecular weight is 420 g/mol. The molecule has 1 fully saturated rings. The summed E-state index contributed by atoms with van der Waals surface area (Å²) < 4.78 is 69.6. The molecule has 4 atom stereocenters. The number of nitrogens with one attached hydrogen (secondary N) is 1. The van der Waals surface area contributed by atoms with E-state index in [-0.39, 0.29) is 24.3 Å². The van der Waals surface area contributed by atoms with Gasteiger partial charge in [0.25, 0.3) is 0 Å². The van der Waals surface area contributed by atoms with Crippen LogP contribution in [0.1, 0.15) is 23.2 Å². The van der Waals surface area contributed by atoms with Crippen molar-refractivity contribution in [3.63, 3.8) is 0 Å². The van der Waals surface area contributed by atoms with E-state index in [0.717, 1.165) is 0 Å². The Morgan fingerprint density at radius 2 is 1.97 bits per heavy atom. The van der Waals surface area contributed by atoms with Gasteiger partial charge in [0.1, 0.15) is 17.5 Å². The molecule has 1 saturated heterocycles. The maximum absolute atomic E-state index is 13.8. The van der Waals surface area contributed by atoms with E-state index >= 15 is 0 Å². The Morgan fingerprint density at radius 3 is 2.55 bits per heavy atom. The van der Waals surface area contributed by atoms with Crippen molar-refractivity contribution >= 4 is 0 Å². The summed E-state index contributed by atoms with van der Waals surface area (Å²) in [5.41, 5.74) is -0.797. The smallest absolute Gasteiger partial charge is 0.433 e. The van der Waals surface area contributed by atoms with E-state index in [0.29, 0.717) is 11.3 Å². The predicted molar refractivity (Wildman–Crippen MR) is 91.3 cm³/mol. The quantitative estimate of drug-likeness (QED) is 0.621. The molecule has 11 heteroatoms. The minimum absolute atomic E-state index is 0.158. The molecular weight excluding hydrogens is 400 g/mol. The van der Waals surface area contributed by atoms with Crippen LogP contribution in [-0.4, -0.2) is 58.8 Å². The van der Waals surface area contributed by atoms with Gasteiger partial charge in [-0.25, -0.2) is 4.39 Å². The Balaban J connectivity index is 1.85. The first kappa shape index (κ1) is 21.3. The number of methoxy groups -OCH3 is 1. The van der Waals surface area contributed by atoms with Crippen LogP contribution in [0.15, 0.2) is 24.3 Å². The first-order valence-corrected chi connectivity index (χ1v) is 8.75. The summed E-state index contributed by atoms with van der Waals surface area (Å²) in [6, 6.07) is 6.42. The molecule has 0 bridgehead atoms. The van der Waals surface area contributed by atoms with Gasteiger partial charge in [0.2, 0.25) is 12.2 Å². The number of H-pyrrole nitrogens is 1. The third kappa shape index (κ3) is 4.80. The standard InChI is InChI=1S/C18H20F4N2O5/c1-27-10-4-2-9(3-5-10)6-11-16(18(20,21)22)23-24-17(11)29-14-7-12(26)15(19)13(8-25)28-14/h2-5,12-15,25-26H,6-8H2,1H3,(H,23,24)/t12?,13?,14?,15-/m0/s1. The molecule has 1 aromatic heterocycles. The van der Waals surface area contributed by atoms with Gasteiger partial charge in [0.15, 0.2) is 6.17 Å². The number of hydrogen-bond donors (Lipinski definition) is 3. The van der Waals surface area contributed by atoms with E-state index in [1.54, 1.807) is 24.3 Å². The van der Waals surface area contributed by atoms with Crippen LogP contribution < -0.4 is 9.47 Å². The van der Waals surface area contributed by atoms with Gasteiger partial charge in [-0.3, -0.25) is 5.10 Å². The predicted octanol–water partition coefficient (Wildman–Crippen LogP) is 2.21. The Kier molecular flexibility index (Phi) is 6.30. The van der Waals surface area contributed by atoms with E-state index < -0.39 is 43.1 Å². The largest absolute Gasteiger partial charge is 0.497 e. The number of aliphatic hydroxyl groups is 2. The Bertz CT molecular complexity index is 812. The molecule has 3 N–H and O–H groups in total. The zero-order valence-electron chi connectivity index (χ0n) is 15.3. The Labute approximate surface area is 163 Å². The zero-order chi connectivity index (χ0) is 21.2. The molecule has 0 aliphatic carbocycles. The molecule has 3 rings (SSSR count). The van der Waals surface area contributed by atoms with Crippen LogP contribution in [0.3, 0.4) is 0 Å². The second-order valence-electron chi connectivity index (χ2n) is 6.56. The Hall–Kier alpha value is -2.37. The number of rotatable bonds is 6. The highest BCUT2D eigenvalue weighted by atomic mass is 19.4. The molecule has 2 aromatic rings. The van der Waals surface area contributed by atoms with Crippen molar-refractivity contribution in [2.24, 2.45) is 0 Å². The first-order chi connectivity index (χ1) is 13.7. The van der Waals surface area contributed by atoms with Crippen molar-refractivity contribution in [2.45, 2.75) is 43.7 Å². The fourth-order valence-corrected chi connectivity index (χ4v) is 3.04. The van der Waals surface area contributed by atoms with Gasteiger partial charge in [-0.2, -0.15) is 13.2 Å². The minimum atomic E-state index is -4.71. The molecule has 0 spiro atoms. The molecule has 7 nitrogen and oxygen atoms in total. The molecule has 0 saturated carbocycles. The lowest BCUT2D eigenvalue weighted by Crippen LogP contribution is -2.49. The zero-order valence-corrected chi connectivity index (χ0v) is 15.3. The van der Waals surface area contributed by atoms with Gasteiger partial charge in [-0.1, -0.05) is 12.1 Å². The van der Waals surface area contributed by atoms with Crippen molar-refractivity contribution in [1.29, 1.82) is 0 Å². The molecule has 1 aliphatic rings. The number of aromatic amines is 1. The summed E-state index contributed by atoms with van der Waals surface area (Å²) in [5, 5.41) is 24.4. The summed E-state index contributed by atoms with van der Waals surface area (Å²) in [6.45, 7) is -0.717. The Morgan fingerprint density at radius 1 is 1.28 bits per heavy atom. The molecule has 1 aliphatic heterocycles. The number of aliphatic hydroxyl groups excluding tert-OH is 2. The third-order valence-corrected chi connectivity index (χ3v) is 4.56. The highest BCUT2D eigenvalue weighted by Crippen LogP contribution is 2.37. The number of aromatic nitrogens is 2. The van der Waals surface area contributed by atoms with Gasteiger partial charge in [0, 0.05) is 12.8 Å². The van der Waals surface area contributed by atoms with Crippen LogP contribution >= 0.6 is 0 Å². The van der Waals surface area contributed by atoms with Crippen molar-refractivity contribution in [3.05, 3.63) is 41.1 Å². The van der Waals surface area contributed by atoms with E-state index in [9.17, 15) is 22.7 Å². The molecule has 2 heterocycles. The SMILES string of the molecule is COc1ccc(Cc2c(OC3CC(O)[C@H](F)C(CO)O3)n[nH]c2C(F)(F)F)cc1. The fraction of sp³-hybridized carbons (Fsp3) is 0.500. The summed E-state index contributed by atoms with van der Waals surface area (Å²) in [4.78, 5) is 0. The number of alkyl halides is 4. The maximum atomic E-state index is 13.8. The summed E-state index contributed by atoms with van der Waals surface area (Å²) >= 11 is 0. The van der Waals surface area contributed by atoms with E-state index in [2.05, 4.69) is 5.10 Å². The van der Waals surface area contributed by atoms with Crippen LogP contribution in [0.5, 0.6) is 11.6 Å². The molecule has 1 aromatic carbocycles. The average Bonchev–Trinajstić information content (AvgIpc) is 3.07. The van der Waals surface area contributed by atoms with Gasteiger partial charge in [-0.15, -0.1) is 5.10 Å². The van der Waals surface area contributed by atoms with E-state index in [1.165, 1.54) is 7.11 Å². The number of ether oxygens (including phenoxy) is 3. The van der Waals surface area contributed by atoms with Crippen LogP contribution in [0, 0.1) is 0 Å². The molecule has 29 heavy (non-hydrogen) atoms. The van der Waals surface area contributed by atoms with E-state index in [4.69, 9.17) is 19.3 Å². The lowest BCUT2D eigenvalue weighted by Gasteiger charge is -2.34. The molecular formula is C18H20F4N2O5. The number of halogens is 4. The van der Waals surface area contributed by atoms with Crippen molar-refractivity contribution < 1.29 is 42.0 Å². The van der Waals surface area contributed by atoms with Crippen LogP contribution in [0.25, 0.3) is 0 Å². The molecule has 0 radical (unpaired) electrons.